The van der Waals surface area contributed by atoms with Crippen LogP contribution in [-0.2, 0) is 0 Å². The molecule has 18 heavy (non-hydrogen) atoms. The number of nitrogens with zero attached hydrogens (tertiary/aromatic N) is 1. The number of hydrogen-bond acceptors (Lipinski definition) is 2. The Kier molecular flexibility index (Phi) is 5.08. The van der Waals surface area contributed by atoms with Gasteiger partial charge in [0.25, 0.3) is 0 Å². The Morgan fingerprint density at radius 2 is 1.94 bits per heavy atom. The summed E-state index contributed by atoms with van der Waals surface area (Å²) in [7, 11) is 0. The molecule has 2 unspecified atom stereocenters. The first-order valence-electron chi connectivity index (χ1n) is 8.10. The molecular formula is C16H32N2. The summed E-state index contributed by atoms with van der Waals surface area (Å²) < 4.78 is 0. The van der Waals surface area contributed by atoms with E-state index in [1.165, 1.54) is 64.6 Å². The third kappa shape index (κ3) is 3.71. The zero-order valence-corrected chi connectivity index (χ0v) is 12.7. The van der Waals surface area contributed by atoms with Crippen molar-refractivity contribution in [2.75, 3.05) is 19.6 Å². The van der Waals surface area contributed by atoms with E-state index in [1.54, 1.807) is 0 Å². The van der Waals surface area contributed by atoms with Crippen molar-refractivity contribution < 1.29 is 0 Å². The summed E-state index contributed by atoms with van der Waals surface area (Å²) in [4.78, 5) is 2.80. The van der Waals surface area contributed by atoms with E-state index in [-0.39, 0.29) is 0 Å². The molecule has 106 valence electrons. The predicted octanol–water partition coefficient (Wildman–Crippen LogP) is 3.42. The molecule has 2 fully saturated rings. The van der Waals surface area contributed by atoms with E-state index in [0.29, 0.717) is 5.41 Å². The molecule has 2 nitrogen and oxygen atoms in total. The van der Waals surface area contributed by atoms with Gasteiger partial charge in [-0.15, -0.1) is 0 Å². The topological polar surface area (TPSA) is 15.3 Å². The van der Waals surface area contributed by atoms with Crippen molar-refractivity contribution in [3.63, 3.8) is 0 Å². The van der Waals surface area contributed by atoms with Gasteiger partial charge in [-0.05, 0) is 63.6 Å². The Balaban J connectivity index is 1.89. The molecule has 0 aromatic rings. The molecule has 1 aliphatic heterocycles. The lowest BCUT2D eigenvalue weighted by Gasteiger charge is -2.33. The molecule has 2 rings (SSSR count). The molecule has 1 N–H and O–H groups in total. The van der Waals surface area contributed by atoms with Gasteiger partial charge in [0.05, 0.1) is 0 Å². The maximum Gasteiger partial charge on any atom is 0.0249 e. The minimum atomic E-state index is 0.569. The molecule has 2 aliphatic rings. The van der Waals surface area contributed by atoms with Gasteiger partial charge in [-0.25, -0.2) is 0 Å². The summed E-state index contributed by atoms with van der Waals surface area (Å²) in [5.74, 6) is 0. The van der Waals surface area contributed by atoms with Crippen LogP contribution in [0.2, 0.25) is 0 Å². The van der Waals surface area contributed by atoms with Crippen LogP contribution < -0.4 is 5.32 Å². The van der Waals surface area contributed by atoms with Crippen molar-refractivity contribution >= 4 is 0 Å². The molecule has 1 heterocycles. The van der Waals surface area contributed by atoms with E-state index in [2.05, 4.69) is 31.0 Å². The first-order chi connectivity index (χ1) is 8.62. The molecule has 1 saturated heterocycles. The maximum absolute atomic E-state index is 3.78. The van der Waals surface area contributed by atoms with Crippen molar-refractivity contribution in [3.8, 4) is 0 Å². The summed E-state index contributed by atoms with van der Waals surface area (Å²) in [6.45, 7) is 11.0. The van der Waals surface area contributed by atoms with Gasteiger partial charge in [0.1, 0.15) is 0 Å². The van der Waals surface area contributed by atoms with Crippen LogP contribution in [0.1, 0.15) is 65.7 Å². The van der Waals surface area contributed by atoms with Crippen LogP contribution in [-0.4, -0.2) is 36.6 Å². The monoisotopic (exact) mass is 252 g/mol. The molecule has 2 atom stereocenters. The molecule has 1 saturated carbocycles. The number of rotatable bonds is 4. The lowest BCUT2D eigenvalue weighted by molar-refractivity contribution is 0.171. The van der Waals surface area contributed by atoms with Crippen LogP contribution >= 0.6 is 0 Å². The van der Waals surface area contributed by atoms with Crippen molar-refractivity contribution in [2.24, 2.45) is 5.41 Å². The molecular weight excluding hydrogens is 220 g/mol. The van der Waals surface area contributed by atoms with Gasteiger partial charge < -0.3 is 5.32 Å². The Labute approximate surface area is 114 Å². The fourth-order valence-corrected chi connectivity index (χ4v) is 3.72. The quantitative estimate of drug-likeness (QED) is 0.825. The molecule has 0 bridgehead atoms. The second-order valence-corrected chi connectivity index (χ2v) is 7.11. The summed E-state index contributed by atoms with van der Waals surface area (Å²) in [6, 6.07) is 1.59. The minimum absolute atomic E-state index is 0.569. The highest BCUT2D eigenvalue weighted by Crippen LogP contribution is 2.33. The Hall–Kier alpha value is -0.0800. The SMILES string of the molecule is CCCNC1CCCC1N1CCCC(C)(C)CC1. The first kappa shape index (κ1) is 14.3. The number of hydrogen-bond donors (Lipinski definition) is 1. The largest absolute Gasteiger partial charge is 0.312 e. The standard InChI is InChI=1S/C16H32N2/c1-4-11-17-14-7-5-8-15(14)18-12-6-9-16(2,3)10-13-18/h14-15,17H,4-13H2,1-3H3. The van der Waals surface area contributed by atoms with E-state index in [9.17, 15) is 0 Å². The zero-order valence-electron chi connectivity index (χ0n) is 12.7. The Morgan fingerprint density at radius 3 is 2.72 bits per heavy atom. The average Bonchev–Trinajstić information content (AvgIpc) is 2.71. The molecule has 1 aliphatic carbocycles. The predicted molar refractivity (Wildman–Crippen MR) is 78.9 cm³/mol. The third-order valence-electron chi connectivity index (χ3n) is 4.98. The summed E-state index contributed by atoms with van der Waals surface area (Å²) in [5, 5.41) is 3.78. The van der Waals surface area contributed by atoms with E-state index in [0.717, 1.165) is 12.1 Å². The van der Waals surface area contributed by atoms with Gasteiger partial charge >= 0.3 is 0 Å². The van der Waals surface area contributed by atoms with Crippen LogP contribution in [0.15, 0.2) is 0 Å². The van der Waals surface area contributed by atoms with E-state index in [4.69, 9.17) is 0 Å². The van der Waals surface area contributed by atoms with E-state index < -0.39 is 0 Å². The minimum Gasteiger partial charge on any atom is -0.312 e. The molecule has 0 amide bonds. The third-order valence-corrected chi connectivity index (χ3v) is 4.98. The van der Waals surface area contributed by atoms with Gasteiger partial charge in [-0.3, -0.25) is 4.90 Å². The fraction of sp³-hybridized carbons (Fsp3) is 1.00. The van der Waals surface area contributed by atoms with Crippen LogP contribution in [0.3, 0.4) is 0 Å². The highest BCUT2D eigenvalue weighted by atomic mass is 15.2. The molecule has 0 spiro atoms. The summed E-state index contributed by atoms with van der Waals surface area (Å²) >= 11 is 0. The normalized spacial score (nSPS) is 33.5. The molecule has 0 aromatic carbocycles. The second kappa shape index (κ2) is 6.38. The Bertz CT molecular complexity index is 249. The van der Waals surface area contributed by atoms with Crippen LogP contribution in [0, 0.1) is 5.41 Å². The van der Waals surface area contributed by atoms with Gasteiger partial charge in [0, 0.05) is 12.1 Å². The lowest BCUT2D eigenvalue weighted by atomic mass is 9.85. The van der Waals surface area contributed by atoms with Crippen molar-refractivity contribution in [2.45, 2.75) is 77.8 Å². The zero-order chi connectivity index (χ0) is 13.0. The molecule has 0 aromatic heterocycles. The van der Waals surface area contributed by atoms with Gasteiger partial charge in [0.15, 0.2) is 0 Å². The smallest absolute Gasteiger partial charge is 0.0249 e. The maximum atomic E-state index is 3.78. The van der Waals surface area contributed by atoms with Gasteiger partial charge in [-0.1, -0.05) is 27.2 Å². The first-order valence-corrected chi connectivity index (χ1v) is 8.10. The molecule has 0 radical (unpaired) electrons. The van der Waals surface area contributed by atoms with Gasteiger partial charge in [0.2, 0.25) is 0 Å². The number of likely N-dealkylation sites (tertiary alicyclic amines) is 1. The lowest BCUT2D eigenvalue weighted by Crippen LogP contribution is -2.47. The van der Waals surface area contributed by atoms with Crippen LogP contribution in [0.25, 0.3) is 0 Å². The highest BCUT2D eigenvalue weighted by Gasteiger charge is 2.33. The average molecular weight is 252 g/mol. The highest BCUT2D eigenvalue weighted by molar-refractivity contribution is 4.92. The summed E-state index contributed by atoms with van der Waals surface area (Å²) in [6.07, 6.45) is 9.67. The van der Waals surface area contributed by atoms with E-state index in [1.807, 2.05) is 0 Å². The number of nitrogens with one attached hydrogen (secondary N) is 1. The fourth-order valence-electron chi connectivity index (χ4n) is 3.72. The summed E-state index contributed by atoms with van der Waals surface area (Å²) in [5.41, 5.74) is 0.569. The van der Waals surface area contributed by atoms with Crippen molar-refractivity contribution in [1.82, 2.24) is 10.2 Å². The van der Waals surface area contributed by atoms with E-state index >= 15 is 0 Å². The molecule has 2 heteroatoms. The second-order valence-electron chi connectivity index (χ2n) is 7.11. The Morgan fingerprint density at radius 1 is 1.11 bits per heavy atom. The van der Waals surface area contributed by atoms with Crippen molar-refractivity contribution in [3.05, 3.63) is 0 Å². The van der Waals surface area contributed by atoms with Crippen molar-refractivity contribution in [1.29, 1.82) is 0 Å². The van der Waals surface area contributed by atoms with Crippen LogP contribution in [0.4, 0.5) is 0 Å². The van der Waals surface area contributed by atoms with Crippen LogP contribution in [0.5, 0.6) is 0 Å². The van der Waals surface area contributed by atoms with Gasteiger partial charge in [-0.2, -0.15) is 0 Å².